The fourth-order valence-electron chi connectivity index (χ4n) is 2.04. The van der Waals surface area contributed by atoms with Crippen molar-refractivity contribution in [2.45, 2.75) is 32.1 Å². The van der Waals surface area contributed by atoms with E-state index in [4.69, 9.17) is 0 Å². The van der Waals surface area contributed by atoms with Gasteiger partial charge in [-0.15, -0.1) is 0 Å². The summed E-state index contributed by atoms with van der Waals surface area (Å²) in [4.78, 5) is 5.88. The smallest absolute Gasteiger partial charge is 0.101 e. The molecule has 0 saturated heterocycles. The van der Waals surface area contributed by atoms with Gasteiger partial charge in [0.05, 0.1) is 5.69 Å². The van der Waals surface area contributed by atoms with Crippen molar-refractivity contribution in [3.05, 3.63) is 59.7 Å². The normalized spacial score (nSPS) is 11.0. The Morgan fingerprint density at radius 2 is 1.86 bits per heavy atom. The summed E-state index contributed by atoms with van der Waals surface area (Å²) in [6.07, 6.45) is 3.04. The first-order valence-corrected chi connectivity index (χ1v) is 8.07. The second-order valence-corrected chi connectivity index (χ2v) is 6.20. The van der Waals surface area contributed by atoms with Gasteiger partial charge in [0.1, 0.15) is 6.34 Å². The van der Waals surface area contributed by atoms with Crippen molar-refractivity contribution >= 4 is 24.0 Å². The lowest BCUT2D eigenvalue weighted by molar-refractivity contribution is 0.667. The van der Waals surface area contributed by atoms with E-state index in [9.17, 15) is 0 Å². The van der Waals surface area contributed by atoms with Gasteiger partial charge in [-0.1, -0.05) is 42.8 Å². The molecular weight excluding hydrogens is 276 g/mol. The molecule has 0 bridgehead atoms. The lowest BCUT2D eigenvalue weighted by atomic mass is 10.1. The van der Waals surface area contributed by atoms with E-state index in [1.54, 1.807) is 11.9 Å². The molecule has 0 spiro atoms. The van der Waals surface area contributed by atoms with Gasteiger partial charge in [-0.05, 0) is 56.0 Å². The third-order valence-corrected chi connectivity index (χ3v) is 4.08. The maximum Gasteiger partial charge on any atom is 0.101 e. The van der Waals surface area contributed by atoms with Crippen LogP contribution in [0.5, 0.6) is 0 Å². The van der Waals surface area contributed by atoms with Gasteiger partial charge < -0.3 is 4.31 Å². The van der Waals surface area contributed by atoms with Crippen LogP contribution < -0.4 is 0 Å². The molecule has 2 aromatic rings. The van der Waals surface area contributed by atoms with Crippen molar-refractivity contribution in [2.24, 2.45) is 4.99 Å². The van der Waals surface area contributed by atoms with Crippen molar-refractivity contribution in [1.82, 2.24) is 4.31 Å². The Bertz CT molecular complexity index is 593. The highest BCUT2D eigenvalue weighted by Gasteiger charge is 2.02. The largest absolute Gasteiger partial charge is 0.303 e. The first kappa shape index (κ1) is 15.6. The molecular formula is C18H22N2S. The molecule has 0 heterocycles. The first-order valence-electron chi connectivity index (χ1n) is 7.30. The van der Waals surface area contributed by atoms with Gasteiger partial charge in [0.25, 0.3) is 0 Å². The fraction of sp³-hybridized carbons (Fsp3) is 0.278. The molecule has 0 radical (unpaired) electrons. The fourth-order valence-corrected chi connectivity index (χ4v) is 2.96. The Kier molecular flexibility index (Phi) is 5.88. The van der Waals surface area contributed by atoms with Gasteiger partial charge in [-0.3, -0.25) is 0 Å². The molecule has 0 aliphatic heterocycles. The van der Waals surface area contributed by atoms with Gasteiger partial charge >= 0.3 is 0 Å². The summed E-state index contributed by atoms with van der Waals surface area (Å²) in [6.45, 7) is 7.38. The Labute approximate surface area is 132 Å². The van der Waals surface area contributed by atoms with Gasteiger partial charge in [-0.25, -0.2) is 4.99 Å². The van der Waals surface area contributed by atoms with Crippen LogP contribution in [0, 0.1) is 13.8 Å². The highest BCUT2D eigenvalue weighted by molar-refractivity contribution is 7.97. The van der Waals surface area contributed by atoms with Crippen LogP contribution in [-0.2, 0) is 0 Å². The Balaban J connectivity index is 2.10. The van der Waals surface area contributed by atoms with E-state index in [2.05, 4.69) is 72.5 Å². The molecule has 0 aliphatic rings. The molecule has 0 amide bonds. The minimum Gasteiger partial charge on any atom is -0.303 e. The molecule has 0 saturated carbocycles. The third-order valence-electron chi connectivity index (χ3n) is 3.09. The van der Waals surface area contributed by atoms with Gasteiger partial charge in [0, 0.05) is 11.4 Å². The molecule has 3 heteroatoms. The molecule has 0 atom stereocenters. The zero-order valence-corrected chi connectivity index (χ0v) is 13.7. The third kappa shape index (κ3) is 4.94. The van der Waals surface area contributed by atoms with Crippen LogP contribution in [0.4, 0.5) is 5.69 Å². The minimum absolute atomic E-state index is 0.980. The molecule has 0 unspecified atom stereocenters. The Morgan fingerprint density at radius 3 is 2.52 bits per heavy atom. The van der Waals surface area contributed by atoms with Crippen LogP contribution in [0.15, 0.2) is 58.4 Å². The summed E-state index contributed by atoms with van der Waals surface area (Å²) in [6, 6.07) is 16.8. The summed E-state index contributed by atoms with van der Waals surface area (Å²) in [5.74, 6) is 0. The second kappa shape index (κ2) is 7.89. The van der Waals surface area contributed by atoms with Gasteiger partial charge in [0.2, 0.25) is 0 Å². The first-order chi connectivity index (χ1) is 10.2. The SMILES string of the molecule is CCCN(C=Nc1ccc(C)cc1C)Sc1ccccc1. The number of hydrogen-bond acceptors (Lipinski definition) is 2. The average Bonchev–Trinajstić information content (AvgIpc) is 2.47. The quantitative estimate of drug-likeness (QED) is 0.404. The van der Waals surface area contributed by atoms with E-state index in [1.165, 1.54) is 16.0 Å². The highest BCUT2D eigenvalue weighted by Crippen LogP contribution is 2.23. The molecule has 2 aromatic carbocycles. The zero-order chi connectivity index (χ0) is 15.1. The molecule has 0 N–H and O–H groups in total. The van der Waals surface area contributed by atoms with E-state index < -0.39 is 0 Å². The predicted octanol–water partition coefficient (Wildman–Crippen LogP) is 5.38. The van der Waals surface area contributed by atoms with E-state index in [-0.39, 0.29) is 0 Å². The van der Waals surface area contributed by atoms with Crippen molar-refractivity contribution < 1.29 is 0 Å². The van der Waals surface area contributed by atoms with E-state index in [0.29, 0.717) is 0 Å². The van der Waals surface area contributed by atoms with Gasteiger partial charge in [0.15, 0.2) is 0 Å². The average molecular weight is 298 g/mol. The van der Waals surface area contributed by atoms with Crippen LogP contribution in [0.3, 0.4) is 0 Å². The van der Waals surface area contributed by atoms with Crippen molar-refractivity contribution in [2.75, 3.05) is 6.54 Å². The summed E-state index contributed by atoms with van der Waals surface area (Å²) in [7, 11) is 0. The van der Waals surface area contributed by atoms with Crippen molar-refractivity contribution in [3.63, 3.8) is 0 Å². The Hall–Kier alpha value is -1.74. The standard InChI is InChI=1S/C18H22N2S/c1-4-12-20(21-17-8-6-5-7-9-17)14-19-18-11-10-15(2)13-16(18)3/h5-11,13-14H,4,12H2,1-3H3. The van der Waals surface area contributed by atoms with Crippen LogP contribution in [-0.4, -0.2) is 17.2 Å². The number of benzene rings is 2. The summed E-state index contributed by atoms with van der Waals surface area (Å²) >= 11 is 1.73. The highest BCUT2D eigenvalue weighted by atomic mass is 32.2. The lowest BCUT2D eigenvalue weighted by Crippen LogP contribution is -2.13. The number of aryl methyl sites for hydroxylation is 2. The van der Waals surface area contributed by atoms with Crippen LogP contribution in [0.25, 0.3) is 0 Å². The van der Waals surface area contributed by atoms with Crippen molar-refractivity contribution in [1.29, 1.82) is 0 Å². The second-order valence-electron chi connectivity index (χ2n) is 5.08. The summed E-state index contributed by atoms with van der Waals surface area (Å²) < 4.78 is 2.19. The van der Waals surface area contributed by atoms with Gasteiger partial charge in [-0.2, -0.15) is 0 Å². The lowest BCUT2D eigenvalue weighted by Gasteiger charge is -2.17. The maximum absolute atomic E-state index is 4.64. The molecule has 0 aromatic heterocycles. The summed E-state index contributed by atoms with van der Waals surface area (Å²) in [5.41, 5.74) is 3.53. The number of nitrogens with zero attached hydrogens (tertiary/aromatic N) is 2. The van der Waals surface area contributed by atoms with E-state index >= 15 is 0 Å². The number of aliphatic imine (C=N–C) groups is 1. The molecule has 2 rings (SSSR count). The molecule has 2 nitrogen and oxygen atoms in total. The molecule has 21 heavy (non-hydrogen) atoms. The van der Waals surface area contributed by atoms with Crippen LogP contribution in [0.2, 0.25) is 0 Å². The predicted molar refractivity (Wildman–Crippen MR) is 93.4 cm³/mol. The molecule has 0 aliphatic carbocycles. The molecule has 110 valence electrons. The van der Waals surface area contributed by atoms with Crippen molar-refractivity contribution in [3.8, 4) is 0 Å². The molecule has 0 fully saturated rings. The maximum atomic E-state index is 4.64. The zero-order valence-electron chi connectivity index (χ0n) is 12.9. The summed E-state index contributed by atoms with van der Waals surface area (Å²) in [5, 5.41) is 0. The Morgan fingerprint density at radius 1 is 1.10 bits per heavy atom. The number of hydrogen-bond donors (Lipinski definition) is 0. The van der Waals surface area contributed by atoms with E-state index in [1.807, 2.05) is 12.4 Å². The van der Waals surface area contributed by atoms with Crippen LogP contribution >= 0.6 is 11.9 Å². The number of rotatable bonds is 6. The minimum atomic E-state index is 0.980. The topological polar surface area (TPSA) is 15.6 Å². The monoisotopic (exact) mass is 298 g/mol. The van der Waals surface area contributed by atoms with Crippen LogP contribution in [0.1, 0.15) is 24.5 Å². The van der Waals surface area contributed by atoms with E-state index in [0.717, 1.165) is 18.7 Å².